The summed E-state index contributed by atoms with van der Waals surface area (Å²) in [6, 6.07) is 3.80. The smallest absolute Gasteiger partial charge is 0.253 e. The largest absolute Gasteiger partial charge is 0.475 e. The summed E-state index contributed by atoms with van der Waals surface area (Å²) in [5.74, 6) is 0.509. The molecule has 1 aromatic heterocycles. The highest BCUT2D eigenvalue weighted by molar-refractivity contribution is 5.94. The summed E-state index contributed by atoms with van der Waals surface area (Å²) in [5, 5.41) is 3.18. The van der Waals surface area contributed by atoms with E-state index in [9.17, 15) is 4.79 Å². The van der Waals surface area contributed by atoms with Crippen LogP contribution in [-0.4, -0.2) is 36.3 Å². The summed E-state index contributed by atoms with van der Waals surface area (Å²) < 4.78 is 10.9. The van der Waals surface area contributed by atoms with Gasteiger partial charge in [-0.25, -0.2) is 4.98 Å². The van der Waals surface area contributed by atoms with Crippen LogP contribution >= 0.6 is 0 Å². The first-order valence-electron chi connectivity index (χ1n) is 8.10. The Bertz CT molecular complexity index is 521. The van der Waals surface area contributed by atoms with Gasteiger partial charge in [0.2, 0.25) is 5.88 Å². The molecule has 5 heteroatoms. The van der Waals surface area contributed by atoms with E-state index in [4.69, 9.17) is 9.47 Å². The molecule has 0 aromatic carbocycles. The molecule has 1 spiro atoms. The number of amides is 1. The SMILES string of the molecule is CC(C)Oc1ccc(C(=O)NC2CCC23CCOCC3)cn1. The number of ether oxygens (including phenoxy) is 2. The van der Waals surface area contributed by atoms with Crippen LogP contribution in [0.3, 0.4) is 0 Å². The number of nitrogens with one attached hydrogen (secondary N) is 1. The molecule has 1 aliphatic carbocycles. The zero-order chi connectivity index (χ0) is 15.6. The van der Waals surface area contributed by atoms with E-state index in [0.717, 1.165) is 32.5 Å². The number of hydrogen-bond acceptors (Lipinski definition) is 4. The van der Waals surface area contributed by atoms with Crippen LogP contribution in [0.4, 0.5) is 0 Å². The molecule has 1 saturated heterocycles. The van der Waals surface area contributed by atoms with E-state index in [-0.39, 0.29) is 23.5 Å². The van der Waals surface area contributed by atoms with Crippen molar-refractivity contribution in [2.24, 2.45) is 5.41 Å². The fourth-order valence-corrected chi connectivity index (χ4v) is 3.37. The molecular formula is C17H24N2O3. The molecule has 2 aliphatic rings. The second-order valence-electron chi connectivity index (χ2n) is 6.59. The number of aromatic nitrogens is 1. The summed E-state index contributed by atoms with van der Waals surface area (Å²) in [7, 11) is 0. The van der Waals surface area contributed by atoms with Crippen molar-refractivity contribution in [2.75, 3.05) is 13.2 Å². The van der Waals surface area contributed by atoms with Crippen molar-refractivity contribution < 1.29 is 14.3 Å². The molecule has 1 atom stereocenters. The molecule has 1 N–H and O–H groups in total. The molecule has 1 unspecified atom stereocenters. The number of carbonyl (C=O) groups is 1. The predicted octanol–water partition coefficient (Wildman–Crippen LogP) is 2.56. The van der Waals surface area contributed by atoms with Gasteiger partial charge in [0.05, 0.1) is 11.7 Å². The third kappa shape index (κ3) is 3.09. The molecule has 120 valence electrons. The first-order valence-corrected chi connectivity index (χ1v) is 8.10. The molecule has 1 amide bonds. The van der Waals surface area contributed by atoms with Crippen molar-refractivity contribution in [3.05, 3.63) is 23.9 Å². The minimum Gasteiger partial charge on any atom is -0.475 e. The lowest BCUT2D eigenvalue weighted by atomic mass is 9.60. The molecule has 1 aromatic rings. The van der Waals surface area contributed by atoms with Gasteiger partial charge in [0.15, 0.2) is 0 Å². The summed E-state index contributed by atoms with van der Waals surface area (Å²) in [4.78, 5) is 16.6. The maximum atomic E-state index is 12.4. The quantitative estimate of drug-likeness (QED) is 0.928. The minimum absolute atomic E-state index is 0.0424. The van der Waals surface area contributed by atoms with Crippen LogP contribution in [-0.2, 0) is 4.74 Å². The third-order valence-corrected chi connectivity index (χ3v) is 4.82. The normalized spacial score (nSPS) is 23.1. The van der Waals surface area contributed by atoms with E-state index < -0.39 is 0 Å². The fourth-order valence-electron chi connectivity index (χ4n) is 3.37. The summed E-state index contributed by atoms with van der Waals surface area (Å²) in [5.41, 5.74) is 0.854. The van der Waals surface area contributed by atoms with E-state index >= 15 is 0 Å². The average Bonchev–Trinajstić information content (AvgIpc) is 2.52. The Balaban J connectivity index is 1.60. The Morgan fingerprint density at radius 1 is 1.36 bits per heavy atom. The molecule has 3 rings (SSSR count). The van der Waals surface area contributed by atoms with Gasteiger partial charge >= 0.3 is 0 Å². The summed E-state index contributed by atoms with van der Waals surface area (Å²) in [6.45, 7) is 5.53. The Labute approximate surface area is 131 Å². The van der Waals surface area contributed by atoms with Crippen LogP contribution in [0.15, 0.2) is 18.3 Å². The summed E-state index contributed by atoms with van der Waals surface area (Å²) in [6.07, 6.45) is 6.03. The monoisotopic (exact) mass is 304 g/mol. The molecule has 0 bridgehead atoms. The molecule has 0 radical (unpaired) electrons. The second-order valence-corrected chi connectivity index (χ2v) is 6.59. The number of rotatable bonds is 4. The van der Waals surface area contributed by atoms with Gasteiger partial charge in [-0.3, -0.25) is 4.79 Å². The van der Waals surface area contributed by atoms with Gasteiger partial charge in [0.1, 0.15) is 0 Å². The topological polar surface area (TPSA) is 60.5 Å². The predicted molar refractivity (Wildman–Crippen MR) is 83.0 cm³/mol. The van der Waals surface area contributed by atoms with Crippen LogP contribution in [0, 0.1) is 5.41 Å². The summed E-state index contributed by atoms with van der Waals surface area (Å²) >= 11 is 0. The van der Waals surface area contributed by atoms with Crippen LogP contribution in [0.1, 0.15) is 49.9 Å². The Hall–Kier alpha value is -1.62. The Morgan fingerprint density at radius 3 is 2.68 bits per heavy atom. The lowest BCUT2D eigenvalue weighted by Crippen LogP contribution is -2.57. The number of nitrogens with zero attached hydrogens (tertiary/aromatic N) is 1. The Kier molecular flexibility index (Phi) is 4.34. The molecular weight excluding hydrogens is 280 g/mol. The van der Waals surface area contributed by atoms with Gasteiger partial charge in [-0.05, 0) is 51.0 Å². The van der Waals surface area contributed by atoms with E-state index in [1.54, 1.807) is 18.3 Å². The van der Waals surface area contributed by atoms with E-state index in [1.165, 1.54) is 6.42 Å². The molecule has 5 nitrogen and oxygen atoms in total. The van der Waals surface area contributed by atoms with Crippen molar-refractivity contribution in [1.29, 1.82) is 0 Å². The highest BCUT2D eigenvalue weighted by atomic mass is 16.5. The lowest BCUT2D eigenvalue weighted by Gasteiger charge is -2.52. The third-order valence-electron chi connectivity index (χ3n) is 4.82. The molecule has 22 heavy (non-hydrogen) atoms. The maximum Gasteiger partial charge on any atom is 0.253 e. The first-order chi connectivity index (χ1) is 10.6. The molecule has 2 heterocycles. The zero-order valence-electron chi connectivity index (χ0n) is 13.3. The van der Waals surface area contributed by atoms with Crippen molar-refractivity contribution in [1.82, 2.24) is 10.3 Å². The van der Waals surface area contributed by atoms with Crippen molar-refractivity contribution in [3.8, 4) is 5.88 Å². The van der Waals surface area contributed by atoms with Gasteiger partial charge in [-0.1, -0.05) is 0 Å². The average molecular weight is 304 g/mol. The van der Waals surface area contributed by atoms with Crippen LogP contribution in [0.5, 0.6) is 5.88 Å². The second kappa shape index (κ2) is 6.24. The van der Waals surface area contributed by atoms with Crippen molar-refractivity contribution in [3.63, 3.8) is 0 Å². The number of hydrogen-bond donors (Lipinski definition) is 1. The molecule has 1 saturated carbocycles. The molecule has 1 aliphatic heterocycles. The van der Waals surface area contributed by atoms with Gasteiger partial charge in [-0.2, -0.15) is 0 Å². The first kappa shape index (κ1) is 15.3. The highest BCUT2D eigenvalue weighted by Crippen LogP contribution is 2.48. The maximum absolute atomic E-state index is 12.4. The van der Waals surface area contributed by atoms with Crippen LogP contribution < -0.4 is 10.1 Å². The van der Waals surface area contributed by atoms with Crippen LogP contribution in [0.25, 0.3) is 0 Å². The van der Waals surface area contributed by atoms with Gasteiger partial charge in [0, 0.05) is 31.5 Å². The minimum atomic E-state index is -0.0424. The van der Waals surface area contributed by atoms with Crippen molar-refractivity contribution >= 4 is 5.91 Å². The molecule has 2 fully saturated rings. The van der Waals surface area contributed by atoms with Gasteiger partial charge in [-0.15, -0.1) is 0 Å². The number of pyridine rings is 1. The number of carbonyl (C=O) groups excluding carboxylic acids is 1. The Morgan fingerprint density at radius 2 is 2.14 bits per heavy atom. The lowest BCUT2D eigenvalue weighted by molar-refractivity contribution is -0.0523. The van der Waals surface area contributed by atoms with Crippen LogP contribution in [0.2, 0.25) is 0 Å². The van der Waals surface area contributed by atoms with Gasteiger partial charge < -0.3 is 14.8 Å². The zero-order valence-corrected chi connectivity index (χ0v) is 13.3. The van der Waals surface area contributed by atoms with E-state index in [0.29, 0.717) is 11.4 Å². The fraction of sp³-hybridized carbons (Fsp3) is 0.647. The van der Waals surface area contributed by atoms with E-state index in [1.807, 2.05) is 13.8 Å². The van der Waals surface area contributed by atoms with Gasteiger partial charge in [0.25, 0.3) is 5.91 Å². The van der Waals surface area contributed by atoms with Crippen molar-refractivity contribution in [2.45, 2.75) is 51.7 Å². The van der Waals surface area contributed by atoms with E-state index in [2.05, 4.69) is 10.3 Å². The standard InChI is InChI=1S/C17H24N2O3/c1-12(2)22-15-4-3-13(11-18-15)16(20)19-14-5-6-17(14)7-9-21-10-8-17/h3-4,11-12,14H,5-10H2,1-2H3,(H,19,20). The highest BCUT2D eigenvalue weighted by Gasteiger charge is 2.47.